The largest absolute Gasteiger partial charge is 0.389 e. The molecule has 0 heterocycles. The van der Waals surface area contributed by atoms with E-state index in [0.717, 1.165) is 0 Å². The first-order valence-electron chi connectivity index (χ1n) is 5.07. The third-order valence-electron chi connectivity index (χ3n) is 2.22. The lowest BCUT2D eigenvalue weighted by atomic mass is 10.0. The summed E-state index contributed by atoms with van der Waals surface area (Å²) in [4.78, 5) is 13.1. The lowest BCUT2D eigenvalue weighted by Gasteiger charge is -2.25. The van der Waals surface area contributed by atoms with Crippen molar-refractivity contribution >= 4 is 5.91 Å². The highest BCUT2D eigenvalue weighted by atomic mass is 16.5. The highest BCUT2D eigenvalue weighted by Crippen LogP contribution is 2.02. The Kier molecular flexibility index (Phi) is 6.47. The zero-order chi connectivity index (χ0) is 12.0. The number of hydrogen-bond donors (Lipinski definition) is 2. The number of amides is 1. The van der Waals surface area contributed by atoms with E-state index in [-0.39, 0.29) is 25.0 Å². The van der Waals surface area contributed by atoms with E-state index in [1.165, 1.54) is 12.0 Å². The summed E-state index contributed by atoms with van der Waals surface area (Å²) in [6.07, 6.45) is -0.664. The molecule has 90 valence electrons. The Morgan fingerprint density at radius 1 is 1.53 bits per heavy atom. The van der Waals surface area contributed by atoms with E-state index in [1.54, 1.807) is 7.05 Å². The summed E-state index contributed by atoms with van der Waals surface area (Å²) < 4.78 is 4.77. The molecule has 5 nitrogen and oxygen atoms in total. The fraction of sp³-hybridized carbons (Fsp3) is 0.900. The summed E-state index contributed by atoms with van der Waals surface area (Å²) in [5, 5.41) is 9.43. The van der Waals surface area contributed by atoms with Crippen molar-refractivity contribution in [3.05, 3.63) is 0 Å². The third-order valence-corrected chi connectivity index (χ3v) is 2.22. The molecule has 0 spiro atoms. The minimum Gasteiger partial charge on any atom is -0.389 e. The molecule has 0 aliphatic heterocycles. The molecule has 0 radical (unpaired) electrons. The van der Waals surface area contributed by atoms with Crippen molar-refractivity contribution in [3.8, 4) is 0 Å². The molecule has 0 bridgehead atoms. The summed E-state index contributed by atoms with van der Waals surface area (Å²) in [5.41, 5.74) is 5.71. The molecule has 0 aromatic heterocycles. The number of rotatable bonds is 6. The van der Waals surface area contributed by atoms with Gasteiger partial charge in [-0.15, -0.1) is 0 Å². The van der Waals surface area contributed by atoms with Crippen LogP contribution in [-0.2, 0) is 9.53 Å². The number of carbonyl (C=O) groups is 1. The minimum atomic E-state index is -0.664. The molecule has 0 aromatic carbocycles. The van der Waals surface area contributed by atoms with Crippen LogP contribution in [0, 0.1) is 5.92 Å². The van der Waals surface area contributed by atoms with Gasteiger partial charge in [-0.3, -0.25) is 4.79 Å². The van der Waals surface area contributed by atoms with E-state index >= 15 is 0 Å². The molecule has 0 fully saturated rings. The number of hydrogen-bond acceptors (Lipinski definition) is 4. The summed E-state index contributed by atoms with van der Waals surface area (Å²) >= 11 is 0. The van der Waals surface area contributed by atoms with Crippen molar-refractivity contribution in [1.82, 2.24) is 4.90 Å². The van der Waals surface area contributed by atoms with Gasteiger partial charge < -0.3 is 20.5 Å². The molecule has 0 saturated carbocycles. The van der Waals surface area contributed by atoms with Crippen LogP contribution in [0.15, 0.2) is 0 Å². The Labute approximate surface area is 91.2 Å². The van der Waals surface area contributed by atoms with Gasteiger partial charge in [0.1, 0.15) is 0 Å². The number of likely N-dealkylation sites (N-methyl/N-ethyl adjacent to an activating group) is 1. The second-order valence-corrected chi connectivity index (χ2v) is 4.10. The molecular formula is C10H22N2O3. The minimum absolute atomic E-state index is 0.0968. The number of carbonyl (C=O) groups excluding carboxylic acids is 1. The number of nitrogens with zero attached hydrogens (tertiary/aromatic N) is 1. The maximum absolute atomic E-state index is 11.7. The van der Waals surface area contributed by atoms with Gasteiger partial charge in [-0.25, -0.2) is 0 Å². The van der Waals surface area contributed by atoms with Crippen LogP contribution in [0.4, 0.5) is 0 Å². The summed E-state index contributed by atoms with van der Waals surface area (Å²) in [7, 11) is 3.13. The van der Waals surface area contributed by atoms with Crippen molar-refractivity contribution in [2.75, 3.05) is 27.3 Å². The average Bonchev–Trinajstić information content (AvgIpc) is 2.15. The van der Waals surface area contributed by atoms with Crippen LogP contribution in [0.3, 0.4) is 0 Å². The first kappa shape index (κ1) is 14.3. The summed E-state index contributed by atoms with van der Waals surface area (Å²) in [5.74, 6) is -0.0559. The van der Waals surface area contributed by atoms with Gasteiger partial charge in [0, 0.05) is 20.7 Å². The maximum atomic E-state index is 11.7. The quantitative estimate of drug-likeness (QED) is 0.626. The van der Waals surface area contributed by atoms with Crippen LogP contribution >= 0.6 is 0 Å². The molecule has 0 rings (SSSR count). The van der Waals surface area contributed by atoms with Gasteiger partial charge in [0.05, 0.1) is 18.8 Å². The molecule has 2 atom stereocenters. The Balaban J connectivity index is 4.09. The predicted octanol–water partition coefficient (Wildman–Crippen LogP) is -0.565. The van der Waals surface area contributed by atoms with Crippen molar-refractivity contribution in [1.29, 1.82) is 0 Å². The predicted molar refractivity (Wildman–Crippen MR) is 58.3 cm³/mol. The SMILES string of the molecule is COCC(O)CN(C)C(=O)C(N)C(C)C. The van der Waals surface area contributed by atoms with Gasteiger partial charge in [-0.2, -0.15) is 0 Å². The zero-order valence-electron chi connectivity index (χ0n) is 9.93. The van der Waals surface area contributed by atoms with Gasteiger partial charge in [0.25, 0.3) is 0 Å². The highest BCUT2D eigenvalue weighted by Gasteiger charge is 2.22. The molecular weight excluding hydrogens is 196 g/mol. The van der Waals surface area contributed by atoms with Gasteiger partial charge in [-0.1, -0.05) is 13.8 Å². The Morgan fingerprint density at radius 3 is 2.47 bits per heavy atom. The molecule has 1 amide bonds. The lowest BCUT2D eigenvalue weighted by molar-refractivity contribution is -0.133. The molecule has 0 aliphatic rings. The third kappa shape index (κ3) is 5.11. The van der Waals surface area contributed by atoms with Gasteiger partial charge in [-0.05, 0) is 5.92 Å². The topological polar surface area (TPSA) is 75.8 Å². The summed E-state index contributed by atoms with van der Waals surface area (Å²) in [6, 6.07) is -0.509. The van der Waals surface area contributed by atoms with E-state index in [0.29, 0.717) is 0 Å². The molecule has 0 aromatic rings. The van der Waals surface area contributed by atoms with Crippen molar-refractivity contribution < 1.29 is 14.6 Å². The van der Waals surface area contributed by atoms with E-state index in [1.807, 2.05) is 13.8 Å². The number of aliphatic hydroxyl groups excluding tert-OH is 1. The molecule has 5 heteroatoms. The van der Waals surface area contributed by atoms with Crippen LogP contribution in [0.1, 0.15) is 13.8 Å². The maximum Gasteiger partial charge on any atom is 0.239 e. The molecule has 15 heavy (non-hydrogen) atoms. The molecule has 0 saturated heterocycles. The fourth-order valence-corrected chi connectivity index (χ4v) is 1.19. The first-order valence-corrected chi connectivity index (χ1v) is 5.07. The van der Waals surface area contributed by atoms with Crippen LogP contribution in [0.2, 0.25) is 0 Å². The van der Waals surface area contributed by atoms with Crippen molar-refractivity contribution in [2.24, 2.45) is 11.7 Å². The number of aliphatic hydroxyl groups is 1. The van der Waals surface area contributed by atoms with E-state index in [9.17, 15) is 9.90 Å². The first-order chi connectivity index (χ1) is 6.90. The number of methoxy groups -OCH3 is 1. The highest BCUT2D eigenvalue weighted by molar-refractivity contribution is 5.81. The van der Waals surface area contributed by atoms with E-state index in [2.05, 4.69) is 0 Å². The smallest absolute Gasteiger partial charge is 0.239 e. The molecule has 3 N–H and O–H groups in total. The van der Waals surface area contributed by atoms with Crippen LogP contribution < -0.4 is 5.73 Å². The Bertz CT molecular complexity index is 197. The van der Waals surface area contributed by atoms with E-state index < -0.39 is 12.1 Å². The van der Waals surface area contributed by atoms with Gasteiger partial charge in [0.15, 0.2) is 0 Å². The zero-order valence-corrected chi connectivity index (χ0v) is 9.93. The monoisotopic (exact) mass is 218 g/mol. The van der Waals surface area contributed by atoms with Gasteiger partial charge >= 0.3 is 0 Å². The van der Waals surface area contributed by atoms with Crippen molar-refractivity contribution in [3.63, 3.8) is 0 Å². The number of ether oxygens (including phenoxy) is 1. The average molecular weight is 218 g/mol. The van der Waals surface area contributed by atoms with Crippen LogP contribution in [0.5, 0.6) is 0 Å². The standard InChI is InChI=1S/C10H22N2O3/c1-7(2)9(11)10(14)12(3)5-8(13)6-15-4/h7-9,13H,5-6,11H2,1-4H3. The fourth-order valence-electron chi connectivity index (χ4n) is 1.19. The Morgan fingerprint density at radius 2 is 2.07 bits per heavy atom. The molecule has 0 aliphatic carbocycles. The lowest BCUT2D eigenvalue weighted by Crippen LogP contribution is -2.47. The number of nitrogens with two attached hydrogens (primary N) is 1. The summed E-state index contributed by atoms with van der Waals surface area (Å²) in [6.45, 7) is 4.24. The normalized spacial score (nSPS) is 15.1. The van der Waals surface area contributed by atoms with Crippen LogP contribution in [0.25, 0.3) is 0 Å². The van der Waals surface area contributed by atoms with Crippen LogP contribution in [-0.4, -0.2) is 55.4 Å². The van der Waals surface area contributed by atoms with Gasteiger partial charge in [0.2, 0.25) is 5.91 Å². The molecule has 2 unspecified atom stereocenters. The van der Waals surface area contributed by atoms with Crippen molar-refractivity contribution in [2.45, 2.75) is 26.0 Å². The Hall–Kier alpha value is -0.650. The van der Waals surface area contributed by atoms with E-state index in [4.69, 9.17) is 10.5 Å². The second-order valence-electron chi connectivity index (χ2n) is 4.10. The second kappa shape index (κ2) is 6.76.